The Hall–Kier alpha value is -2.06. The Kier molecular flexibility index (Phi) is 26.4. The van der Waals surface area contributed by atoms with E-state index < -0.39 is 17.8 Å². The number of nitrogens with one attached hydrogen (secondary N) is 2. The number of amides is 2. The van der Waals surface area contributed by atoms with E-state index in [2.05, 4.69) is 53.4 Å². The molecule has 0 aliphatic carbocycles. The van der Waals surface area contributed by atoms with Gasteiger partial charge in [-0.15, -0.1) is 0 Å². The first-order valence-electron chi connectivity index (χ1n) is 19.0. The summed E-state index contributed by atoms with van der Waals surface area (Å²) in [5, 5.41) is 5.70. The van der Waals surface area contributed by atoms with Crippen molar-refractivity contribution in [3.8, 4) is 0 Å². The van der Waals surface area contributed by atoms with Gasteiger partial charge in [0.15, 0.2) is 11.9 Å². The summed E-state index contributed by atoms with van der Waals surface area (Å²) in [4.78, 5) is 24.6. The maximum Gasteiger partial charge on any atom is 0.407 e. The van der Waals surface area contributed by atoms with E-state index in [1.54, 1.807) is 0 Å². The summed E-state index contributed by atoms with van der Waals surface area (Å²) >= 11 is 0. The zero-order valence-corrected chi connectivity index (χ0v) is 30.7. The zero-order chi connectivity index (χ0) is 33.0. The molecule has 1 unspecified atom stereocenters. The standard InChI is InChI=1S/C38H67N3O5.ClH/c1-3-5-6-7-8-9-10-11-12-13-14-15-16-17-18-22-29-39-36(42)44-33-38(28-25-32-46-38)34-45-37(43)40-30-23-19-20-26-35-27-21-24-31-41(35)4-2;/h21,24,27,31H,3-20,22-23,25-26,28-30,32-34H2,1-2H3,(H-,39,40,42,43);1H. The topological polar surface area (TPSA) is 89.8 Å². The number of pyridine rings is 1. The molecule has 272 valence electrons. The molecule has 1 aromatic rings. The predicted molar refractivity (Wildman–Crippen MR) is 186 cm³/mol. The number of ether oxygens (including phenoxy) is 3. The van der Waals surface area contributed by atoms with Gasteiger partial charge in [0, 0.05) is 38.2 Å². The van der Waals surface area contributed by atoms with E-state index in [0.29, 0.717) is 26.1 Å². The summed E-state index contributed by atoms with van der Waals surface area (Å²) in [5.41, 5.74) is 0.586. The monoisotopic (exact) mass is 681 g/mol. The highest BCUT2D eigenvalue weighted by atomic mass is 35.5. The fourth-order valence-corrected chi connectivity index (χ4v) is 6.23. The van der Waals surface area contributed by atoms with Crippen LogP contribution in [0.2, 0.25) is 0 Å². The molecule has 1 aliphatic rings. The van der Waals surface area contributed by atoms with E-state index in [9.17, 15) is 9.59 Å². The van der Waals surface area contributed by atoms with Crippen molar-refractivity contribution in [3.63, 3.8) is 0 Å². The van der Waals surface area contributed by atoms with E-state index in [-0.39, 0.29) is 25.6 Å². The van der Waals surface area contributed by atoms with Gasteiger partial charge in [-0.25, -0.2) is 14.2 Å². The third kappa shape index (κ3) is 21.5. The summed E-state index contributed by atoms with van der Waals surface area (Å²) in [6.07, 6.45) is 28.1. The molecule has 2 N–H and O–H groups in total. The smallest absolute Gasteiger partial charge is 0.407 e. The molecule has 0 saturated carbocycles. The van der Waals surface area contributed by atoms with Crippen molar-refractivity contribution in [3.05, 3.63) is 30.1 Å². The summed E-state index contributed by atoms with van der Waals surface area (Å²) in [5.74, 6) is 0. The number of hydrogen-bond acceptors (Lipinski definition) is 5. The molecule has 0 aromatic carbocycles. The first-order valence-corrected chi connectivity index (χ1v) is 19.0. The first-order chi connectivity index (χ1) is 22.6. The molecule has 1 atom stereocenters. The minimum Gasteiger partial charge on any atom is -1.00 e. The third-order valence-electron chi connectivity index (χ3n) is 9.17. The molecule has 9 heteroatoms. The molecule has 47 heavy (non-hydrogen) atoms. The zero-order valence-electron chi connectivity index (χ0n) is 30.0. The van der Waals surface area contributed by atoms with Gasteiger partial charge in [0.2, 0.25) is 0 Å². The largest absolute Gasteiger partial charge is 1.00 e. The van der Waals surface area contributed by atoms with Crippen LogP contribution in [-0.2, 0) is 27.2 Å². The van der Waals surface area contributed by atoms with Crippen molar-refractivity contribution in [2.75, 3.05) is 32.9 Å². The average molecular weight is 682 g/mol. The lowest BCUT2D eigenvalue weighted by molar-refractivity contribution is -0.700. The molecule has 0 bridgehead atoms. The number of aromatic nitrogens is 1. The van der Waals surface area contributed by atoms with Gasteiger partial charge < -0.3 is 37.3 Å². The molecule has 2 heterocycles. The maximum absolute atomic E-state index is 12.3. The second-order valence-corrected chi connectivity index (χ2v) is 13.2. The van der Waals surface area contributed by atoms with Crippen LogP contribution in [0.25, 0.3) is 0 Å². The second kappa shape index (κ2) is 28.9. The van der Waals surface area contributed by atoms with Crippen LogP contribution in [0.4, 0.5) is 9.59 Å². The van der Waals surface area contributed by atoms with Gasteiger partial charge in [0.1, 0.15) is 25.4 Å². The third-order valence-corrected chi connectivity index (χ3v) is 9.17. The highest BCUT2D eigenvalue weighted by Crippen LogP contribution is 2.26. The Morgan fingerprint density at radius 2 is 1.21 bits per heavy atom. The predicted octanol–water partition coefficient (Wildman–Crippen LogP) is 5.97. The number of nitrogens with zero attached hydrogens (tertiary/aromatic N) is 1. The fourth-order valence-electron chi connectivity index (χ4n) is 6.23. The highest BCUT2D eigenvalue weighted by Gasteiger charge is 2.38. The Morgan fingerprint density at radius 1 is 0.723 bits per heavy atom. The first kappa shape index (κ1) is 43.0. The second-order valence-electron chi connectivity index (χ2n) is 13.2. The molecule has 8 nitrogen and oxygen atoms in total. The van der Waals surface area contributed by atoms with E-state index >= 15 is 0 Å². The van der Waals surface area contributed by atoms with Gasteiger partial charge in [0.05, 0.1) is 0 Å². The maximum atomic E-state index is 12.3. The van der Waals surface area contributed by atoms with Crippen LogP contribution in [0.3, 0.4) is 0 Å². The van der Waals surface area contributed by atoms with Crippen molar-refractivity contribution < 1.29 is 40.8 Å². The van der Waals surface area contributed by atoms with Crippen molar-refractivity contribution in [1.29, 1.82) is 0 Å². The molecule has 0 radical (unpaired) electrons. The summed E-state index contributed by atoms with van der Waals surface area (Å²) < 4.78 is 19.1. The van der Waals surface area contributed by atoms with Gasteiger partial charge in [-0.3, -0.25) is 0 Å². The lowest BCUT2D eigenvalue weighted by atomic mass is 10.0. The van der Waals surface area contributed by atoms with Gasteiger partial charge in [-0.05, 0) is 39.0 Å². The van der Waals surface area contributed by atoms with Gasteiger partial charge in [-0.2, -0.15) is 0 Å². The molecule has 1 aromatic heterocycles. The van der Waals surface area contributed by atoms with Crippen molar-refractivity contribution in [1.82, 2.24) is 10.6 Å². The number of carbonyl (C=O) groups excluding carboxylic acids is 2. The normalized spacial score (nSPS) is 15.6. The van der Waals surface area contributed by atoms with Crippen LogP contribution in [-0.4, -0.2) is 50.7 Å². The molecule has 1 fully saturated rings. The van der Waals surface area contributed by atoms with Crippen molar-refractivity contribution in [2.24, 2.45) is 0 Å². The van der Waals surface area contributed by atoms with Crippen LogP contribution in [0.15, 0.2) is 24.4 Å². The number of halogens is 1. The van der Waals surface area contributed by atoms with Gasteiger partial charge in [-0.1, -0.05) is 116 Å². The van der Waals surface area contributed by atoms with Gasteiger partial charge >= 0.3 is 12.2 Å². The molecule has 0 spiro atoms. The quantitative estimate of drug-likeness (QED) is 0.0840. The summed E-state index contributed by atoms with van der Waals surface area (Å²) in [6, 6.07) is 6.32. The number of rotatable bonds is 28. The van der Waals surface area contributed by atoms with Crippen LogP contribution < -0.4 is 27.6 Å². The van der Waals surface area contributed by atoms with E-state index in [1.807, 2.05) is 0 Å². The molecule has 1 saturated heterocycles. The lowest BCUT2D eigenvalue weighted by Crippen LogP contribution is -3.00. The Bertz CT molecular complexity index is 913. The highest BCUT2D eigenvalue weighted by molar-refractivity contribution is 5.67. The van der Waals surface area contributed by atoms with Crippen LogP contribution in [0, 0.1) is 0 Å². The van der Waals surface area contributed by atoms with Crippen LogP contribution >= 0.6 is 0 Å². The SMILES string of the molecule is CCCCCCCCCCCCCCCCCCNC(=O)OCC1(COC(=O)NCCCCCc2cccc[n+]2CC)CCCO1.[Cl-]. The average Bonchev–Trinajstić information content (AvgIpc) is 3.55. The number of unbranched alkanes of at least 4 members (excludes halogenated alkanes) is 17. The minimum atomic E-state index is -0.757. The van der Waals surface area contributed by atoms with Crippen LogP contribution in [0.5, 0.6) is 0 Å². The molecular weight excluding hydrogens is 614 g/mol. The van der Waals surface area contributed by atoms with E-state index in [1.165, 1.54) is 95.6 Å². The van der Waals surface area contributed by atoms with E-state index in [4.69, 9.17) is 14.2 Å². The number of carbonyl (C=O) groups is 2. The van der Waals surface area contributed by atoms with Crippen molar-refractivity contribution >= 4 is 12.2 Å². The minimum absolute atomic E-state index is 0. The summed E-state index contributed by atoms with van der Waals surface area (Å²) in [7, 11) is 0. The molecular formula is C38H68ClN3O5. The summed E-state index contributed by atoms with van der Waals surface area (Å²) in [6.45, 7) is 7.35. The molecule has 2 amide bonds. The van der Waals surface area contributed by atoms with Crippen LogP contribution in [0.1, 0.15) is 154 Å². The Labute approximate surface area is 293 Å². The number of aryl methyl sites for hydroxylation is 2. The number of alkyl carbamates (subject to hydrolysis) is 2. The Morgan fingerprint density at radius 3 is 1.68 bits per heavy atom. The lowest BCUT2D eigenvalue weighted by Gasteiger charge is -2.27. The Balaban J connectivity index is 0.0000110. The molecule has 1 aliphatic heterocycles. The fraction of sp³-hybridized carbons (Fsp3) is 0.816. The molecule has 2 rings (SSSR count). The van der Waals surface area contributed by atoms with E-state index in [0.717, 1.165) is 51.5 Å². The van der Waals surface area contributed by atoms with Gasteiger partial charge in [0.25, 0.3) is 0 Å². The van der Waals surface area contributed by atoms with Crippen molar-refractivity contribution in [2.45, 2.75) is 167 Å². The number of hydrogen-bond donors (Lipinski definition) is 2.